The van der Waals surface area contributed by atoms with Gasteiger partial charge in [-0.1, -0.05) is 30.3 Å². The minimum absolute atomic E-state index is 0.0600. The molecular weight excluding hydrogens is 318 g/mol. The Labute approximate surface area is 147 Å². The van der Waals surface area contributed by atoms with Crippen LogP contribution in [-0.4, -0.2) is 34.1 Å². The molecule has 1 saturated heterocycles. The van der Waals surface area contributed by atoms with E-state index in [1.54, 1.807) is 0 Å². The van der Waals surface area contributed by atoms with Crippen molar-refractivity contribution in [3.05, 3.63) is 69.8 Å². The lowest BCUT2D eigenvalue weighted by atomic mass is 10.0. The number of hydrogen-bond donors (Lipinski definition) is 2. The summed E-state index contributed by atoms with van der Waals surface area (Å²) in [6.45, 7) is 3.10. The molecule has 0 spiro atoms. The van der Waals surface area contributed by atoms with Crippen molar-refractivity contribution in [1.82, 2.24) is 10.2 Å². The van der Waals surface area contributed by atoms with E-state index in [9.17, 15) is 15.2 Å². The summed E-state index contributed by atoms with van der Waals surface area (Å²) in [6, 6.07) is 14.8. The second kappa shape index (κ2) is 8.09. The molecule has 0 unspecified atom stereocenters. The fourth-order valence-electron chi connectivity index (χ4n) is 3.40. The summed E-state index contributed by atoms with van der Waals surface area (Å²) in [5, 5.41) is 24.5. The second-order valence-electron chi connectivity index (χ2n) is 6.44. The van der Waals surface area contributed by atoms with Crippen LogP contribution in [0.1, 0.15) is 24.0 Å². The Hall–Kier alpha value is -2.44. The van der Waals surface area contributed by atoms with Gasteiger partial charge in [-0.3, -0.25) is 15.0 Å². The van der Waals surface area contributed by atoms with Gasteiger partial charge in [-0.25, -0.2) is 0 Å². The Bertz CT molecular complexity index is 715. The highest BCUT2D eigenvalue weighted by Gasteiger charge is 2.24. The van der Waals surface area contributed by atoms with E-state index in [0.29, 0.717) is 18.2 Å². The molecule has 1 fully saturated rings. The third-order valence-corrected chi connectivity index (χ3v) is 4.69. The van der Waals surface area contributed by atoms with Crippen LogP contribution < -0.4 is 5.32 Å². The summed E-state index contributed by atoms with van der Waals surface area (Å²) >= 11 is 0. The van der Waals surface area contributed by atoms with E-state index in [-0.39, 0.29) is 16.4 Å². The Morgan fingerprint density at radius 2 is 1.84 bits per heavy atom. The van der Waals surface area contributed by atoms with Crippen LogP contribution in [0.15, 0.2) is 48.5 Å². The van der Waals surface area contributed by atoms with Crippen molar-refractivity contribution in [2.45, 2.75) is 32.0 Å². The quantitative estimate of drug-likeness (QED) is 0.624. The first-order chi connectivity index (χ1) is 12.1. The van der Waals surface area contributed by atoms with Crippen molar-refractivity contribution >= 4 is 5.69 Å². The van der Waals surface area contributed by atoms with Crippen LogP contribution in [0, 0.1) is 10.1 Å². The normalized spacial score (nSPS) is 15.4. The molecule has 25 heavy (non-hydrogen) atoms. The van der Waals surface area contributed by atoms with E-state index in [2.05, 4.69) is 22.3 Å². The van der Waals surface area contributed by atoms with Gasteiger partial charge in [0.15, 0.2) is 0 Å². The maximum absolute atomic E-state index is 11.3. The van der Waals surface area contributed by atoms with Gasteiger partial charge in [-0.15, -0.1) is 0 Å². The van der Waals surface area contributed by atoms with E-state index in [1.165, 1.54) is 23.8 Å². The number of phenolic OH excluding ortho intramolecular Hbond substituents is 1. The molecule has 0 saturated carbocycles. The van der Waals surface area contributed by atoms with Gasteiger partial charge in [0, 0.05) is 30.8 Å². The highest BCUT2D eigenvalue weighted by Crippen LogP contribution is 2.27. The van der Waals surface area contributed by atoms with E-state index >= 15 is 0 Å². The number of benzene rings is 2. The van der Waals surface area contributed by atoms with Gasteiger partial charge in [0.05, 0.1) is 4.92 Å². The molecule has 0 aliphatic carbocycles. The molecular formula is C19H23N3O3. The molecule has 6 nitrogen and oxygen atoms in total. The Morgan fingerprint density at radius 1 is 1.12 bits per heavy atom. The van der Waals surface area contributed by atoms with Crippen molar-refractivity contribution in [2.75, 3.05) is 13.1 Å². The maximum Gasteiger partial charge on any atom is 0.274 e. The number of piperidine rings is 1. The topological polar surface area (TPSA) is 78.6 Å². The molecule has 2 N–H and O–H groups in total. The van der Waals surface area contributed by atoms with Crippen molar-refractivity contribution < 1.29 is 10.0 Å². The Balaban J connectivity index is 1.86. The maximum atomic E-state index is 11.3. The molecule has 0 bridgehead atoms. The number of nitrogens with one attached hydrogen (secondary N) is 1. The lowest BCUT2D eigenvalue weighted by Gasteiger charge is -2.34. The number of phenols is 1. The van der Waals surface area contributed by atoms with Crippen LogP contribution in [0.2, 0.25) is 0 Å². The first-order valence-corrected chi connectivity index (χ1v) is 8.58. The molecule has 1 heterocycles. The van der Waals surface area contributed by atoms with Crippen LogP contribution >= 0.6 is 0 Å². The molecule has 0 amide bonds. The van der Waals surface area contributed by atoms with Crippen LogP contribution in [0.25, 0.3) is 0 Å². The fourth-order valence-corrected chi connectivity index (χ4v) is 3.40. The average Bonchev–Trinajstić information content (AvgIpc) is 2.62. The number of nitrogens with zero attached hydrogens (tertiary/aromatic N) is 2. The predicted octanol–water partition coefficient (Wildman–Crippen LogP) is 3.05. The number of aromatic hydroxyl groups is 1. The standard InChI is InChI=1S/C19H23N3O3/c23-18-6-7-19(22(24)25)16(12-18)14-21(17-8-10-20-11-9-17)13-15-4-2-1-3-5-15/h1-7,12,17,20,23H,8-11,13-14H2. The summed E-state index contributed by atoms with van der Waals surface area (Å²) in [5.41, 5.74) is 1.80. The lowest BCUT2D eigenvalue weighted by molar-refractivity contribution is -0.385. The Kier molecular flexibility index (Phi) is 5.63. The molecule has 3 rings (SSSR count). The smallest absolute Gasteiger partial charge is 0.274 e. The third kappa shape index (κ3) is 4.55. The first-order valence-electron chi connectivity index (χ1n) is 8.58. The number of nitro groups is 1. The SMILES string of the molecule is O=[N+]([O-])c1ccc(O)cc1CN(Cc1ccccc1)C1CCNCC1. The molecule has 0 atom stereocenters. The zero-order valence-corrected chi connectivity index (χ0v) is 14.1. The minimum Gasteiger partial charge on any atom is -0.508 e. The van der Waals surface area contributed by atoms with Gasteiger partial charge in [0.2, 0.25) is 0 Å². The highest BCUT2D eigenvalue weighted by molar-refractivity contribution is 5.44. The van der Waals surface area contributed by atoms with Crippen molar-refractivity contribution in [3.63, 3.8) is 0 Å². The van der Waals surface area contributed by atoms with Crippen molar-refractivity contribution in [2.24, 2.45) is 0 Å². The highest BCUT2D eigenvalue weighted by atomic mass is 16.6. The molecule has 2 aromatic rings. The van der Waals surface area contributed by atoms with E-state index in [4.69, 9.17) is 0 Å². The van der Waals surface area contributed by atoms with Crippen LogP contribution in [0.3, 0.4) is 0 Å². The van der Waals surface area contributed by atoms with Crippen molar-refractivity contribution in [1.29, 1.82) is 0 Å². The third-order valence-electron chi connectivity index (χ3n) is 4.69. The molecule has 1 aliphatic rings. The zero-order chi connectivity index (χ0) is 17.6. The van der Waals surface area contributed by atoms with E-state index < -0.39 is 0 Å². The van der Waals surface area contributed by atoms with E-state index in [1.807, 2.05) is 18.2 Å². The van der Waals surface area contributed by atoms with E-state index in [0.717, 1.165) is 32.5 Å². The van der Waals surface area contributed by atoms with Crippen LogP contribution in [-0.2, 0) is 13.1 Å². The molecule has 132 valence electrons. The summed E-state index contributed by atoms with van der Waals surface area (Å²) in [7, 11) is 0. The second-order valence-corrected chi connectivity index (χ2v) is 6.44. The van der Waals surface area contributed by atoms with Crippen LogP contribution in [0.4, 0.5) is 5.69 Å². The van der Waals surface area contributed by atoms with Gasteiger partial charge in [0.25, 0.3) is 5.69 Å². The summed E-state index contributed by atoms with van der Waals surface area (Å²) in [4.78, 5) is 13.3. The van der Waals surface area contributed by atoms with Gasteiger partial charge in [0.1, 0.15) is 5.75 Å². The molecule has 1 aliphatic heterocycles. The fraction of sp³-hybridized carbons (Fsp3) is 0.368. The minimum atomic E-state index is -0.377. The van der Waals surface area contributed by atoms with Crippen LogP contribution in [0.5, 0.6) is 5.75 Å². The van der Waals surface area contributed by atoms with Gasteiger partial charge in [-0.05, 0) is 43.6 Å². The van der Waals surface area contributed by atoms with Gasteiger partial charge in [-0.2, -0.15) is 0 Å². The molecule has 0 aromatic heterocycles. The summed E-state index contributed by atoms with van der Waals surface area (Å²) in [5.74, 6) is 0.0607. The monoisotopic (exact) mass is 341 g/mol. The number of hydrogen-bond acceptors (Lipinski definition) is 5. The number of nitro benzene ring substituents is 1. The average molecular weight is 341 g/mol. The molecule has 0 radical (unpaired) electrons. The lowest BCUT2D eigenvalue weighted by Crippen LogP contribution is -2.42. The zero-order valence-electron chi connectivity index (χ0n) is 14.1. The van der Waals surface area contributed by atoms with Gasteiger partial charge < -0.3 is 10.4 Å². The number of rotatable bonds is 6. The Morgan fingerprint density at radius 3 is 2.52 bits per heavy atom. The summed E-state index contributed by atoms with van der Waals surface area (Å²) < 4.78 is 0. The van der Waals surface area contributed by atoms with Gasteiger partial charge >= 0.3 is 0 Å². The van der Waals surface area contributed by atoms with Crippen molar-refractivity contribution in [3.8, 4) is 5.75 Å². The first kappa shape index (κ1) is 17.4. The molecule has 6 heteroatoms. The summed E-state index contributed by atoms with van der Waals surface area (Å²) in [6.07, 6.45) is 2.03. The largest absolute Gasteiger partial charge is 0.508 e. The molecule has 2 aromatic carbocycles. The predicted molar refractivity (Wildman–Crippen MR) is 96.3 cm³/mol.